The maximum Gasteiger partial charge on any atom is 0.331 e. The van der Waals surface area contributed by atoms with E-state index in [1.54, 1.807) is 48.5 Å². The molecule has 2 aromatic rings. The molecular weight excluding hydrogens is 391 g/mol. The van der Waals surface area contributed by atoms with Crippen LogP contribution in [0.3, 0.4) is 0 Å². The Morgan fingerprint density at radius 3 is 2.22 bits per heavy atom. The van der Waals surface area contributed by atoms with Gasteiger partial charge in [-0.15, -0.1) is 0 Å². The fourth-order valence-electron chi connectivity index (χ4n) is 1.97. The maximum atomic E-state index is 11.9. The fourth-order valence-corrected chi connectivity index (χ4v) is 2.49. The van der Waals surface area contributed by atoms with Crippen molar-refractivity contribution in [3.63, 3.8) is 0 Å². The van der Waals surface area contributed by atoms with E-state index in [2.05, 4.69) is 10.9 Å². The molecule has 1 atom stereocenters. The lowest BCUT2D eigenvalue weighted by Crippen LogP contribution is -2.46. The fraction of sp³-hybridized carbons (Fsp3) is 0.105. The zero-order valence-electron chi connectivity index (χ0n) is 14.2. The molecule has 0 unspecified atom stereocenters. The van der Waals surface area contributed by atoms with Gasteiger partial charge in [0, 0.05) is 27.2 Å². The summed E-state index contributed by atoms with van der Waals surface area (Å²) in [5.74, 6) is -1.93. The Bertz CT molecular complexity index is 849. The molecular formula is C19H16Cl2N2O4. The summed E-state index contributed by atoms with van der Waals surface area (Å²) in [7, 11) is 0. The van der Waals surface area contributed by atoms with Crippen LogP contribution in [-0.2, 0) is 14.3 Å². The molecule has 0 aliphatic rings. The first-order valence-corrected chi connectivity index (χ1v) is 8.62. The highest BCUT2D eigenvalue weighted by Crippen LogP contribution is 2.25. The average Bonchev–Trinajstić information content (AvgIpc) is 2.66. The molecule has 27 heavy (non-hydrogen) atoms. The molecule has 0 saturated heterocycles. The highest BCUT2D eigenvalue weighted by Gasteiger charge is 2.17. The number of hydrogen-bond acceptors (Lipinski definition) is 4. The minimum atomic E-state index is -1.13. The number of ether oxygens (including phenoxy) is 1. The van der Waals surface area contributed by atoms with Gasteiger partial charge in [-0.25, -0.2) is 4.79 Å². The summed E-state index contributed by atoms with van der Waals surface area (Å²) in [5.41, 5.74) is 5.28. The van der Waals surface area contributed by atoms with Crippen LogP contribution >= 0.6 is 23.2 Å². The van der Waals surface area contributed by atoms with Gasteiger partial charge in [0.15, 0.2) is 6.10 Å². The summed E-state index contributed by atoms with van der Waals surface area (Å²) < 4.78 is 4.98. The number of nitrogens with one attached hydrogen (secondary N) is 2. The molecule has 0 fully saturated rings. The van der Waals surface area contributed by atoms with E-state index >= 15 is 0 Å². The predicted molar refractivity (Wildman–Crippen MR) is 103 cm³/mol. The van der Waals surface area contributed by atoms with E-state index < -0.39 is 23.9 Å². The number of carbonyl (C=O) groups is 3. The molecule has 0 aliphatic heterocycles. The van der Waals surface area contributed by atoms with Gasteiger partial charge >= 0.3 is 5.97 Å². The Morgan fingerprint density at radius 2 is 1.59 bits per heavy atom. The van der Waals surface area contributed by atoms with Gasteiger partial charge in [-0.2, -0.15) is 0 Å². The zero-order valence-corrected chi connectivity index (χ0v) is 15.8. The van der Waals surface area contributed by atoms with Crippen LogP contribution in [0.25, 0.3) is 6.08 Å². The van der Waals surface area contributed by atoms with Crippen molar-refractivity contribution >= 4 is 47.1 Å². The Balaban J connectivity index is 1.85. The van der Waals surface area contributed by atoms with Crippen LogP contribution in [0.15, 0.2) is 54.6 Å². The standard InChI is InChI=1S/C19H16Cl2N2O4/c1-12(18(25)22-23-19(26)13-6-3-2-4-7-13)27-17(24)11-10-14-15(20)8-5-9-16(14)21/h2-12H,1H3,(H,22,25)(H,23,26)/b11-10+/t12-/m0/s1. The molecule has 0 radical (unpaired) electrons. The Morgan fingerprint density at radius 1 is 0.963 bits per heavy atom. The van der Waals surface area contributed by atoms with E-state index in [4.69, 9.17) is 27.9 Å². The second-order valence-electron chi connectivity index (χ2n) is 5.36. The van der Waals surface area contributed by atoms with Gasteiger partial charge in [0.05, 0.1) is 0 Å². The second kappa shape index (κ2) is 9.75. The lowest BCUT2D eigenvalue weighted by atomic mass is 10.2. The van der Waals surface area contributed by atoms with Crippen LogP contribution in [0.1, 0.15) is 22.8 Å². The van der Waals surface area contributed by atoms with Crippen LogP contribution in [0.4, 0.5) is 0 Å². The highest BCUT2D eigenvalue weighted by atomic mass is 35.5. The monoisotopic (exact) mass is 406 g/mol. The molecule has 0 heterocycles. The first kappa shape index (κ1) is 20.5. The van der Waals surface area contributed by atoms with Crippen LogP contribution in [0.2, 0.25) is 10.0 Å². The Kier molecular flexibility index (Phi) is 7.40. The lowest BCUT2D eigenvalue weighted by Gasteiger charge is -2.13. The third-order valence-corrected chi connectivity index (χ3v) is 4.04. The van der Waals surface area contributed by atoms with E-state index in [1.165, 1.54) is 13.0 Å². The van der Waals surface area contributed by atoms with Gasteiger partial charge in [-0.1, -0.05) is 47.5 Å². The summed E-state index contributed by atoms with van der Waals surface area (Å²) in [5, 5.41) is 0.752. The maximum absolute atomic E-state index is 11.9. The number of carbonyl (C=O) groups excluding carboxylic acids is 3. The normalized spacial score (nSPS) is 11.7. The van der Waals surface area contributed by atoms with Crippen molar-refractivity contribution in [1.82, 2.24) is 10.9 Å². The second-order valence-corrected chi connectivity index (χ2v) is 6.17. The zero-order chi connectivity index (χ0) is 19.8. The van der Waals surface area contributed by atoms with Crippen molar-refractivity contribution < 1.29 is 19.1 Å². The van der Waals surface area contributed by atoms with Crippen LogP contribution in [0, 0.1) is 0 Å². The van der Waals surface area contributed by atoms with Gasteiger partial charge in [-0.3, -0.25) is 20.4 Å². The van der Waals surface area contributed by atoms with Gasteiger partial charge in [0.25, 0.3) is 11.8 Å². The first-order valence-electron chi connectivity index (χ1n) is 7.86. The minimum Gasteiger partial charge on any atom is -0.449 e. The molecule has 2 aromatic carbocycles. The molecule has 0 aromatic heterocycles. The lowest BCUT2D eigenvalue weighted by molar-refractivity contribution is -0.150. The topological polar surface area (TPSA) is 84.5 Å². The van der Waals surface area contributed by atoms with Crippen LogP contribution in [-0.4, -0.2) is 23.9 Å². The van der Waals surface area contributed by atoms with Gasteiger partial charge in [0.1, 0.15) is 0 Å². The molecule has 140 valence electrons. The number of hydrogen-bond donors (Lipinski definition) is 2. The highest BCUT2D eigenvalue weighted by molar-refractivity contribution is 6.37. The molecule has 0 saturated carbocycles. The third-order valence-electron chi connectivity index (χ3n) is 3.38. The molecule has 2 amide bonds. The Hall–Kier alpha value is -2.83. The number of amides is 2. The van der Waals surface area contributed by atoms with E-state index in [0.717, 1.165) is 6.08 Å². The van der Waals surface area contributed by atoms with Crippen LogP contribution < -0.4 is 10.9 Å². The van der Waals surface area contributed by atoms with Crippen molar-refractivity contribution in [1.29, 1.82) is 0 Å². The number of halogens is 2. The quantitative estimate of drug-likeness (QED) is 0.452. The summed E-state index contributed by atoms with van der Waals surface area (Å²) >= 11 is 12.0. The summed E-state index contributed by atoms with van der Waals surface area (Å²) in [6, 6.07) is 13.3. The summed E-state index contributed by atoms with van der Waals surface area (Å²) in [4.78, 5) is 35.6. The molecule has 2 rings (SSSR count). The van der Waals surface area contributed by atoms with Gasteiger partial charge < -0.3 is 4.74 Å². The van der Waals surface area contributed by atoms with Crippen molar-refractivity contribution in [2.24, 2.45) is 0 Å². The third kappa shape index (κ3) is 6.13. The SMILES string of the molecule is C[C@H](OC(=O)/C=C/c1c(Cl)cccc1Cl)C(=O)NNC(=O)c1ccccc1. The molecule has 0 aliphatic carbocycles. The van der Waals surface area contributed by atoms with Crippen molar-refractivity contribution in [2.75, 3.05) is 0 Å². The average molecular weight is 407 g/mol. The van der Waals surface area contributed by atoms with Crippen molar-refractivity contribution in [2.45, 2.75) is 13.0 Å². The first-order chi connectivity index (χ1) is 12.9. The molecule has 0 spiro atoms. The number of hydrazine groups is 1. The van der Waals surface area contributed by atoms with E-state index in [-0.39, 0.29) is 0 Å². The van der Waals surface area contributed by atoms with Crippen LogP contribution in [0.5, 0.6) is 0 Å². The largest absolute Gasteiger partial charge is 0.449 e. The minimum absolute atomic E-state index is 0.376. The molecule has 0 bridgehead atoms. The number of esters is 1. The molecule has 2 N–H and O–H groups in total. The number of benzene rings is 2. The number of rotatable bonds is 5. The van der Waals surface area contributed by atoms with E-state index in [9.17, 15) is 14.4 Å². The summed E-state index contributed by atoms with van der Waals surface area (Å²) in [6.07, 6.45) is 1.38. The van der Waals surface area contributed by atoms with Gasteiger partial charge in [0.2, 0.25) is 0 Å². The van der Waals surface area contributed by atoms with Crippen molar-refractivity contribution in [3.05, 3.63) is 75.8 Å². The Labute approximate surface area is 166 Å². The molecule has 8 heteroatoms. The van der Waals surface area contributed by atoms with Gasteiger partial charge in [-0.05, 0) is 37.3 Å². The van der Waals surface area contributed by atoms with Crippen molar-refractivity contribution in [3.8, 4) is 0 Å². The van der Waals surface area contributed by atoms with E-state index in [0.29, 0.717) is 21.2 Å². The van der Waals surface area contributed by atoms with E-state index in [1.807, 2.05) is 0 Å². The predicted octanol–water partition coefficient (Wildman–Crippen LogP) is 3.40. The summed E-state index contributed by atoms with van der Waals surface area (Å²) in [6.45, 7) is 1.37. The smallest absolute Gasteiger partial charge is 0.331 e. The molecule has 6 nitrogen and oxygen atoms in total.